The molecule has 2 atom stereocenters. The predicted octanol–water partition coefficient (Wildman–Crippen LogP) is 1.26. The van der Waals surface area contributed by atoms with Gasteiger partial charge in [0.1, 0.15) is 5.82 Å². The van der Waals surface area contributed by atoms with Crippen molar-refractivity contribution in [3.05, 3.63) is 11.8 Å². The summed E-state index contributed by atoms with van der Waals surface area (Å²) in [6.07, 6.45) is 8.11. The van der Waals surface area contributed by atoms with E-state index in [-0.39, 0.29) is 12.1 Å². The molecule has 0 bridgehead atoms. The molecule has 1 aromatic heterocycles. The van der Waals surface area contributed by atoms with Crippen LogP contribution in [0, 0.1) is 0 Å². The van der Waals surface area contributed by atoms with E-state index in [9.17, 15) is 9.90 Å². The SMILES string of the molecule is NC(=O)c1cnc(N[C@@H]2CCC[C@H](O)C2)nc1NC1CCC1. The Bertz CT molecular complexity index is 547. The second kappa shape index (κ2) is 6.48. The second-order valence-corrected chi connectivity index (χ2v) is 6.25. The van der Waals surface area contributed by atoms with Gasteiger partial charge >= 0.3 is 0 Å². The third-order valence-electron chi connectivity index (χ3n) is 4.48. The largest absolute Gasteiger partial charge is 0.393 e. The van der Waals surface area contributed by atoms with Crippen molar-refractivity contribution in [1.29, 1.82) is 0 Å². The van der Waals surface area contributed by atoms with Crippen LogP contribution in [-0.2, 0) is 0 Å². The van der Waals surface area contributed by atoms with Gasteiger partial charge < -0.3 is 21.5 Å². The first-order valence-electron chi connectivity index (χ1n) is 8.00. The molecule has 2 aliphatic rings. The molecule has 0 spiro atoms. The van der Waals surface area contributed by atoms with Crippen molar-refractivity contribution in [2.75, 3.05) is 10.6 Å². The molecule has 5 N–H and O–H groups in total. The van der Waals surface area contributed by atoms with Crippen molar-refractivity contribution in [1.82, 2.24) is 9.97 Å². The average Bonchev–Trinajstić information content (AvgIpc) is 2.43. The minimum atomic E-state index is -0.526. The first-order valence-corrected chi connectivity index (χ1v) is 8.00. The van der Waals surface area contributed by atoms with Crippen molar-refractivity contribution in [3.63, 3.8) is 0 Å². The summed E-state index contributed by atoms with van der Waals surface area (Å²) in [7, 11) is 0. The monoisotopic (exact) mass is 305 g/mol. The van der Waals surface area contributed by atoms with Crippen LogP contribution in [0.5, 0.6) is 0 Å². The third-order valence-corrected chi connectivity index (χ3v) is 4.48. The van der Waals surface area contributed by atoms with E-state index in [0.717, 1.165) is 32.1 Å². The Morgan fingerprint density at radius 3 is 2.55 bits per heavy atom. The normalized spacial score (nSPS) is 25.3. The maximum atomic E-state index is 11.5. The van der Waals surface area contributed by atoms with Crippen LogP contribution in [0.3, 0.4) is 0 Å². The summed E-state index contributed by atoms with van der Waals surface area (Å²) in [6, 6.07) is 0.525. The Hall–Kier alpha value is -1.89. The van der Waals surface area contributed by atoms with Gasteiger partial charge in [-0.1, -0.05) is 0 Å². The van der Waals surface area contributed by atoms with Crippen molar-refractivity contribution >= 4 is 17.7 Å². The van der Waals surface area contributed by atoms with Crippen molar-refractivity contribution in [3.8, 4) is 0 Å². The van der Waals surface area contributed by atoms with E-state index in [0.29, 0.717) is 29.8 Å². The van der Waals surface area contributed by atoms with Gasteiger partial charge in [0.05, 0.1) is 11.7 Å². The topological polar surface area (TPSA) is 113 Å². The number of carbonyl (C=O) groups excluding carboxylic acids is 1. The standard InChI is InChI=1S/C15H23N5O2/c16-13(22)12-8-17-15(19-10-5-2-6-11(21)7-10)20-14(12)18-9-3-1-4-9/h8-11,21H,1-7H2,(H2,16,22)(H2,17,18,19,20)/t10-,11+/m1/s1. The summed E-state index contributed by atoms with van der Waals surface area (Å²) in [6.45, 7) is 0. The van der Waals surface area contributed by atoms with Gasteiger partial charge in [-0.05, 0) is 44.9 Å². The minimum Gasteiger partial charge on any atom is -0.393 e. The van der Waals surface area contributed by atoms with Gasteiger partial charge in [-0.15, -0.1) is 0 Å². The lowest BCUT2D eigenvalue weighted by atomic mass is 9.93. The molecule has 0 aromatic carbocycles. The van der Waals surface area contributed by atoms with Crippen molar-refractivity contribution in [2.24, 2.45) is 5.73 Å². The number of aliphatic hydroxyl groups is 1. The fourth-order valence-electron chi connectivity index (χ4n) is 2.97. The first kappa shape index (κ1) is 15.0. The molecule has 0 radical (unpaired) electrons. The van der Waals surface area contributed by atoms with Gasteiger partial charge in [-0.2, -0.15) is 4.98 Å². The van der Waals surface area contributed by atoms with E-state index < -0.39 is 5.91 Å². The number of aliphatic hydroxyl groups excluding tert-OH is 1. The van der Waals surface area contributed by atoms with Gasteiger partial charge in [0, 0.05) is 18.3 Å². The summed E-state index contributed by atoms with van der Waals surface area (Å²) in [4.78, 5) is 20.1. The average molecular weight is 305 g/mol. The van der Waals surface area contributed by atoms with Gasteiger partial charge in [-0.3, -0.25) is 4.79 Å². The quantitative estimate of drug-likeness (QED) is 0.651. The van der Waals surface area contributed by atoms with Crippen LogP contribution in [0.15, 0.2) is 6.20 Å². The molecule has 1 amide bonds. The van der Waals surface area contributed by atoms with E-state index >= 15 is 0 Å². The number of primary amides is 1. The van der Waals surface area contributed by atoms with Gasteiger partial charge in [0.15, 0.2) is 0 Å². The highest BCUT2D eigenvalue weighted by atomic mass is 16.3. The fraction of sp³-hybridized carbons (Fsp3) is 0.667. The Kier molecular flexibility index (Phi) is 4.42. The van der Waals surface area contributed by atoms with E-state index in [4.69, 9.17) is 5.73 Å². The number of hydrogen-bond donors (Lipinski definition) is 4. The zero-order valence-corrected chi connectivity index (χ0v) is 12.6. The summed E-state index contributed by atoms with van der Waals surface area (Å²) >= 11 is 0. The van der Waals surface area contributed by atoms with Crippen LogP contribution in [0.1, 0.15) is 55.3 Å². The summed E-state index contributed by atoms with van der Waals surface area (Å²) < 4.78 is 0. The zero-order valence-electron chi connectivity index (χ0n) is 12.6. The Morgan fingerprint density at radius 1 is 1.18 bits per heavy atom. The van der Waals surface area contributed by atoms with E-state index in [2.05, 4.69) is 20.6 Å². The molecule has 22 heavy (non-hydrogen) atoms. The summed E-state index contributed by atoms with van der Waals surface area (Å²) in [5.74, 6) is 0.457. The van der Waals surface area contributed by atoms with Crippen molar-refractivity contribution in [2.45, 2.75) is 63.1 Å². The van der Waals surface area contributed by atoms with Gasteiger partial charge in [0.25, 0.3) is 5.91 Å². The van der Waals surface area contributed by atoms with Crippen LogP contribution in [0.25, 0.3) is 0 Å². The number of nitrogens with two attached hydrogens (primary N) is 1. The molecule has 3 rings (SSSR count). The molecule has 1 heterocycles. The van der Waals surface area contributed by atoms with E-state index in [1.807, 2.05) is 0 Å². The van der Waals surface area contributed by atoms with Crippen LogP contribution in [0.2, 0.25) is 0 Å². The molecule has 7 nitrogen and oxygen atoms in total. The number of hydrogen-bond acceptors (Lipinski definition) is 6. The molecular weight excluding hydrogens is 282 g/mol. The maximum Gasteiger partial charge on any atom is 0.254 e. The Morgan fingerprint density at radius 2 is 1.91 bits per heavy atom. The number of carbonyl (C=O) groups is 1. The number of nitrogens with one attached hydrogen (secondary N) is 2. The second-order valence-electron chi connectivity index (χ2n) is 6.25. The molecular formula is C15H23N5O2. The van der Waals surface area contributed by atoms with Crippen LogP contribution < -0.4 is 16.4 Å². The number of amides is 1. The lowest BCUT2D eigenvalue weighted by Crippen LogP contribution is -2.32. The molecule has 2 aliphatic carbocycles. The number of aromatic nitrogens is 2. The van der Waals surface area contributed by atoms with Crippen LogP contribution in [-0.4, -0.2) is 39.2 Å². The molecule has 0 unspecified atom stereocenters. The lowest BCUT2D eigenvalue weighted by Gasteiger charge is -2.28. The summed E-state index contributed by atoms with van der Waals surface area (Å²) in [5.41, 5.74) is 5.71. The number of rotatable bonds is 5. The third kappa shape index (κ3) is 3.47. The molecule has 0 saturated heterocycles. The fourth-order valence-corrected chi connectivity index (χ4v) is 2.97. The van der Waals surface area contributed by atoms with E-state index in [1.165, 1.54) is 12.6 Å². The molecule has 2 fully saturated rings. The molecule has 0 aliphatic heterocycles. The smallest absolute Gasteiger partial charge is 0.254 e. The first-order chi connectivity index (χ1) is 10.6. The van der Waals surface area contributed by atoms with Crippen LogP contribution >= 0.6 is 0 Å². The Labute approximate surface area is 129 Å². The van der Waals surface area contributed by atoms with Crippen molar-refractivity contribution < 1.29 is 9.90 Å². The molecule has 7 heteroatoms. The number of nitrogens with zero attached hydrogens (tertiary/aromatic N) is 2. The lowest BCUT2D eigenvalue weighted by molar-refractivity contribution is 0.100. The molecule has 120 valence electrons. The molecule has 2 saturated carbocycles. The highest BCUT2D eigenvalue weighted by Crippen LogP contribution is 2.25. The Balaban J connectivity index is 1.73. The minimum absolute atomic E-state index is 0.166. The van der Waals surface area contributed by atoms with Crippen LogP contribution in [0.4, 0.5) is 11.8 Å². The number of anilines is 2. The highest BCUT2D eigenvalue weighted by molar-refractivity contribution is 5.97. The van der Waals surface area contributed by atoms with E-state index in [1.54, 1.807) is 0 Å². The van der Waals surface area contributed by atoms with Gasteiger partial charge in [-0.25, -0.2) is 4.98 Å². The summed E-state index contributed by atoms with van der Waals surface area (Å²) in [5, 5.41) is 16.3. The predicted molar refractivity (Wildman–Crippen MR) is 83.7 cm³/mol. The maximum absolute atomic E-state index is 11.5. The van der Waals surface area contributed by atoms with Gasteiger partial charge in [0.2, 0.25) is 5.95 Å². The highest BCUT2D eigenvalue weighted by Gasteiger charge is 2.23. The zero-order chi connectivity index (χ0) is 15.5. The molecule has 1 aromatic rings.